The number of hydrogen-bond donors (Lipinski definition) is 1. The van der Waals surface area contributed by atoms with E-state index in [0.29, 0.717) is 6.42 Å². The van der Waals surface area contributed by atoms with Gasteiger partial charge in [0.15, 0.2) is 23.3 Å². The quantitative estimate of drug-likeness (QED) is 0.356. The van der Waals surface area contributed by atoms with Gasteiger partial charge in [0.05, 0.1) is 0 Å². The maximum absolute atomic E-state index is 13.6. The summed E-state index contributed by atoms with van der Waals surface area (Å²) in [5, 5.41) is 2.31. The Balaban J connectivity index is 3.04. The first kappa shape index (κ1) is 18.4. The van der Waals surface area contributed by atoms with E-state index in [4.69, 9.17) is 0 Å². The van der Waals surface area contributed by atoms with Gasteiger partial charge >= 0.3 is 0 Å². The predicted molar refractivity (Wildman–Crippen MR) is 71.9 cm³/mol. The fourth-order valence-electron chi connectivity index (χ4n) is 2.05. The second-order valence-corrected chi connectivity index (χ2v) is 5.74. The van der Waals surface area contributed by atoms with Crippen molar-refractivity contribution in [2.24, 2.45) is 0 Å². The molecule has 7 heteroatoms. The van der Waals surface area contributed by atoms with Crippen LogP contribution in [0, 0.1) is 29.1 Å². The number of hydrogen-bond acceptors (Lipinski definition) is 1. The molecule has 1 aromatic rings. The Hall–Kier alpha value is -1.66. The van der Waals surface area contributed by atoms with Crippen molar-refractivity contribution in [3.8, 4) is 0 Å². The number of carbonyl (C=O) groups is 1. The third-order valence-corrected chi connectivity index (χ3v) is 3.29. The van der Waals surface area contributed by atoms with Gasteiger partial charge in [-0.1, -0.05) is 26.2 Å². The molecule has 0 unspecified atom stereocenters. The van der Waals surface area contributed by atoms with Crippen molar-refractivity contribution in [3.05, 3.63) is 34.6 Å². The first-order valence-electron chi connectivity index (χ1n) is 6.96. The highest BCUT2D eigenvalue weighted by Crippen LogP contribution is 2.24. The van der Waals surface area contributed by atoms with Gasteiger partial charge in [-0.3, -0.25) is 4.79 Å². The van der Waals surface area contributed by atoms with Gasteiger partial charge in [0.2, 0.25) is 5.82 Å². The van der Waals surface area contributed by atoms with Crippen molar-refractivity contribution in [3.63, 3.8) is 0 Å². The van der Waals surface area contributed by atoms with Gasteiger partial charge in [0, 0.05) is 5.54 Å². The molecular weight excluding hydrogens is 305 g/mol. The Bertz CT molecular complexity index is 543. The summed E-state index contributed by atoms with van der Waals surface area (Å²) in [5.74, 6) is -12.1. The lowest BCUT2D eigenvalue weighted by Gasteiger charge is -2.26. The summed E-state index contributed by atoms with van der Waals surface area (Å²) < 4.78 is 66.3. The van der Waals surface area contributed by atoms with E-state index >= 15 is 0 Å². The van der Waals surface area contributed by atoms with Crippen molar-refractivity contribution in [1.29, 1.82) is 0 Å². The minimum absolute atomic E-state index is 0.516. The van der Waals surface area contributed by atoms with Gasteiger partial charge in [0.25, 0.3) is 5.91 Å². The van der Waals surface area contributed by atoms with E-state index in [1.807, 2.05) is 6.92 Å². The summed E-state index contributed by atoms with van der Waals surface area (Å²) in [6.45, 7) is 5.22. The molecular formula is C15H18F5NO. The van der Waals surface area contributed by atoms with Crippen LogP contribution in [0.3, 0.4) is 0 Å². The Labute approximate surface area is 125 Å². The molecule has 0 aromatic heterocycles. The molecule has 0 saturated carbocycles. The van der Waals surface area contributed by atoms with E-state index in [-0.39, 0.29) is 0 Å². The average Bonchev–Trinajstić information content (AvgIpc) is 2.42. The van der Waals surface area contributed by atoms with Gasteiger partial charge in [-0.05, 0) is 20.3 Å². The number of rotatable bonds is 6. The van der Waals surface area contributed by atoms with E-state index in [1.54, 1.807) is 13.8 Å². The number of unbranched alkanes of at least 4 members (excludes halogenated alkanes) is 2. The summed E-state index contributed by atoms with van der Waals surface area (Å²) in [7, 11) is 0. The van der Waals surface area contributed by atoms with Crippen molar-refractivity contribution < 1.29 is 26.7 Å². The van der Waals surface area contributed by atoms with Crippen LogP contribution in [-0.4, -0.2) is 11.4 Å². The molecule has 0 radical (unpaired) electrons. The molecule has 1 rings (SSSR count). The highest BCUT2D eigenvalue weighted by Gasteiger charge is 2.31. The van der Waals surface area contributed by atoms with Crippen LogP contribution in [0.15, 0.2) is 0 Å². The van der Waals surface area contributed by atoms with Gasteiger partial charge in [0.1, 0.15) is 5.56 Å². The summed E-state index contributed by atoms with van der Waals surface area (Å²) in [6.07, 6.45) is 3.13. The molecule has 0 spiro atoms. The normalized spacial score (nSPS) is 11.6. The van der Waals surface area contributed by atoms with Crippen LogP contribution in [0.1, 0.15) is 56.8 Å². The molecule has 0 heterocycles. The number of carbonyl (C=O) groups excluding carboxylic acids is 1. The minimum Gasteiger partial charge on any atom is -0.347 e. The molecule has 1 aromatic carbocycles. The fraction of sp³-hybridized carbons (Fsp3) is 0.533. The van der Waals surface area contributed by atoms with Crippen LogP contribution >= 0.6 is 0 Å². The van der Waals surface area contributed by atoms with Crippen LogP contribution in [0.25, 0.3) is 0 Å². The van der Waals surface area contributed by atoms with Crippen LogP contribution in [0.2, 0.25) is 0 Å². The lowest BCUT2D eigenvalue weighted by molar-refractivity contribution is 0.0896. The largest absolute Gasteiger partial charge is 0.347 e. The van der Waals surface area contributed by atoms with Crippen molar-refractivity contribution >= 4 is 5.91 Å². The second-order valence-electron chi connectivity index (χ2n) is 5.74. The molecule has 0 atom stereocenters. The molecule has 1 N–H and O–H groups in total. The van der Waals surface area contributed by atoms with Gasteiger partial charge < -0.3 is 5.32 Å². The summed E-state index contributed by atoms with van der Waals surface area (Å²) in [4.78, 5) is 11.9. The van der Waals surface area contributed by atoms with Crippen LogP contribution in [0.4, 0.5) is 22.0 Å². The Morgan fingerprint density at radius 1 is 0.909 bits per heavy atom. The molecule has 0 saturated heterocycles. The second kappa shape index (κ2) is 7.07. The number of halogens is 5. The van der Waals surface area contributed by atoms with Crippen molar-refractivity contribution in [2.75, 3.05) is 0 Å². The van der Waals surface area contributed by atoms with Crippen LogP contribution in [-0.2, 0) is 0 Å². The molecule has 0 aliphatic carbocycles. The fourth-order valence-corrected chi connectivity index (χ4v) is 2.05. The molecule has 0 fully saturated rings. The summed E-state index contributed by atoms with van der Waals surface area (Å²) >= 11 is 0. The zero-order valence-electron chi connectivity index (χ0n) is 12.6. The maximum Gasteiger partial charge on any atom is 0.257 e. The molecule has 0 aliphatic heterocycles. The third-order valence-electron chi connectivity index (χ3n) is 3.29. The molecule has 2 nitrogen and oxygen atoms in total. The molecule has 1 amide bonds. The SMILES string of the molecule is CCCCCC(C)(C)NC(=O)c1c(F)c(F)c(F)c(F)c1F. The van der Waals surface area contributed by atoms with Gasteiger partial charge in [-0.2, -0.15) is 0 Å². The third kappa shape index (κ3) is 3.96. The van der Waals surface area contributed by atoms with Crippen LogP contribution in [0.5, 0.6) is 0 Å². The number of benzene rings is 1. The average molecular weight is 323 g/mol. The van der Waals surface area contributed by atoms with Crippen LogP contribution < -0.4 is 5.32 Å². The minimum atomic E-state index is -2.28. The molecule has 22 heavy (non-hydrogen) atoms. The summed E-state index contributed by atoms with van der Waals surface area (Å²) in [6, 6.07) is 0. The van der Waals surface area contributed by atoms with E-state index in [2.05, 4.69) is 5.32 Å². The van der Waals surface area contributed by atoms with E-state index in [9.17, 15) is 26.7 Å². The van der Waals surface area contributed by atoms with Gasteiger partial charge in [-0.25, -0.2) is 22.0 Å². The zero-order chi connectivity index (χ0) is 17.1. The van der Waals surface area contributed by atoms with E-state index < -0.39 is 46.1 Å². The smallest absolute Gasteiger partial charge is 0.257 e. The topological polar surface area (TPSA) is 29.1 Å². The monoisotopic (exact) mass is 323 g/mol. The lowest BCUT2D eigenvalue weighted by atomic mass is 9.96. The number of nitrogens with one attached hydrogen (secondary N) is 1. The first-order valence-corrected chi connectivity index (χ1v) is 6.96. The Kier molecular flexibility index (Phi) is 5.91. The maximum atomic E-state index is 13.6. The molecule has 0 bridgehead atoms. The van der Waals surface area contributed by atoms with Crippen molar-refractivity contribution in [2.45, 2.75) is 52.0 Å². The lowest BCUT2D eigenvalue weighted by Crippen LogP contribution is -2.44. The van der Waals surface area contributed by atoms with E-state index in [1.165, 1.54) is 0 Å². The van der Waals surface area contributed by atoms with Crippen molar-refractivity contribution in [1.82, 2.24) is 5.32 Å². The Morgan fingerprint density at radius 3 is 1.82 bits per heavy atom. The number of amides is 1. The Morgan fingerprint density at radius 2 is 1.36 bits per heavy atom. The zero-order valence-corrected chi connectivity index (χ0v) is 12.6. The summed E-state index contributed by atoms with van der Waals surface area (Å²) in [5.41, 5.74) is -2.29. The predicted octanol–water partition coefficient (Wildman–Crippen LogP) is 4.47. The highest BCUT2D eigenvalue weighted by atomic mass is 19.2. The van der Waals surface area contributed by atoms with Gasteiger partial charge in [-0.15, -0.1) is 0 Å². The standard InChI is InChI=1S/C15H18F5NO/c1-4-5-6-7-15(2,3)21-14(22)8-9(16)11(18)13(20)12(19)10(8)17/h4-7H2,1-3H3,(H,21,22). The van der Waals surface area contributed by atoms with E-state index in [0.717, 1.165) is 19.3 Å². The molecule has 0 aliphatic rings. The first-order chi connectivity index (χ1) is 10.1. The highest BCUT2D eigenvalue weighted by molar-refractivity contribution is 5.95. The molecule has 124 valence electrons.